The minimum atomic E-state index is -0.300. The highest BCUT2D eigenvalue weighted by Gasteiger charge is 2.19. The average Bonchev–Trinajstić information content (AvgIpc) is 2.91. The summed E-state index contributed by atoms with van der Waals surface area (Å²) in [5.41, 5.74) is 6.36. The smallest absolute Gasteiger partial charge is 0.0839 e. The summed E-state index contributed by atoms with van der Waals surface area (Å²) in [5.74, 6) is 0.706. The Labute approximate surface area is 102 Å². The Morgan fingerprint density at radius 2 is 2.24 bits per heavy atom. The lowest BCUT2D eigenvalue weighted by molar-refractivity contribution is 0.120. The normalized spacial score (nSPS) is 18.7. The molecule has 17 heavy (non-hydrogen) atoms. The Morgan fingerprint density at radius 1 is 1.47 bits per heavy atom. The molecule has 5 nitrogen and oxygen atoms in total. The molecule has 0 aromatic carbocycles. The van der Waals surface area contributed by atoms with Gasteiger partial charge in [0.05, 0.1) is 18.3 Å². The van der Waals surface area contributed by atoms with Gasteiger partial charge in [0.1, 0.15) is 0 Å². The lowest BCUT2D eigenvalue weighted by Gasteiger charge is -2.14. The molecule has 1 aliphatic rings. The minimum absolute atomic E-state index is 0.300. The number of hydrogen-bond donors (Lipinski definition) is 2. The molecule has 1 saturated carbocycles. The molecule has 1 fully saturated rings. The van der Waals surface area contributed by atoms with Gasteiger partial charge < -0.3 is 10.8 Å². The van der Waals surface area contributed by atoms with Gasteiger partial charge in [-0.1, -0.05) is 30.9 Å². The zero-order valence-corrected chi connectivity index (χ0v) is 10.3. The predicted octanol–water partition coefficient (Wildman–Crippen LogP) is 0.720. The van der Waals surface area contributed by atoms with Crippen LogP contribution in [0.1, 0.15) is 37.8 Å². The molecule has 2 rings (SSSR count). The second-order valence-electron chi connectivity index (χ2n) is 5.01. The summed E-state index contributed by atoms with van der Waals surface area (Å²) in [6.07, 6.45) is 8.41. The van der Waals surface area contributed by atoms with Crippen LogP contribution in [0.4, 0.5) is 0 Å². The standard InChI is InChI=1S/C12H22N4O/c13-6-5-11-8-16(15-14-11)9-12(17)7-10-3-1-2-4-10/h8,10,12,17H,1-7,9,13H2. The topological polar surface area (TPSA) is 77.0 Å². The largest absolute Gasteiger partial charge is 0.391 e. The van der Waals surface area contributed by atoms with Crippen molar-refractivity contribution in [3.05, 3.63) is 11.9 Å². The third-order valence-corrected chi connectivity index (χ3v) is 3.46. The molecule has 1 heterocycles. The Morgan fingerprint density at radius 3 is 2.94 bits per heavy atom. The fraction of sp³-hybridized carbons (Fsp3) is 0.833. The molecule has 5 heteroatoms. The van der Waals surface area contributed by atoms with E-state index in [0.29, 0.717) is 19.0 Å². The van der Waals surface area contributed by atoms with E-state index in [0.717, 1.165) is 18.5 Å². The van der Waals surface area contributed by atoms with Gasteiger partial charge in [-0.2, -0.15) is 0 Å². The molecule has 0 amide bonds. The Balaban J connectivity index is 1.78. The molecular weight excluding hydrogens is 216 g/mol. The van der Waals surface area contributed by atoms with E-state index in [2.05, 4.69) is 10.3 Å². The molecule has 1 unspecified atom stereocenters. The molecule has 96 valence electrons. The van der Waals surface area contributed by atoms with Crippen LogP contribution in [-0.4, -0.2) is 32.7 Å². The van der Waals surface area contributed by atoms with Crippen molar-refractivity contribution < 1.29 is 5.11 Å². The van der Waals surface area contributed by atoms with Crippen LogP contribution in [0.3, 0.4) is 0 Å². The maximum Gasteiger partial charge on any atom is 0.0839 e. The van der Waals surface area contributed by atoms with Crippen LogP contribution in [-0.2, 0) is 13.0 Å². The van der Waals surface area contributed by atoms with Gasteiger partial charge in [-0.25, -0.2) is 4.68 Å². The maximum absolute atomic E-state index is 9.99. The summed E-state index contributed by atoms with van der Waals surface area (Å²) in [6.45, 7) is 1.14. The first-order chi connectivity index (χ1) is 8.28. The van der Waals surface area contributed by atoms with E-state index in [-0.39, 0.29) is 6.10 Å². The number of nitrogens with two attached hydrogens (primary N) is 1. The van der Waals surface area contributed by atoms with Crippen LogP contribution in [0.25, 0.3) is 0 Å². The van der Waals surface area contributed by atoms with Crippen LogP contribution in [0.15, 0.2) is 6.20 Å². The Hall–Kier alpha value is -0.940. The molecule has 1 aromatic rings. The Kier molecular flexibility index (Phi) is 4.50. The van der Waals surface area contributed by atoms with Crippen molar-refractivity contribution >= 4 is 0 Å². The van der Waals surface area contributed by atoms with Gasteiger partial charge in [0, 0.05) is 12.6 Å². The van der Waals surface area contributed by atoms with E-state index in [4.69, 9.17) is 5.73 Å². The molecule has 0 saturated heterocycles. The predicted molar refractivity (Wildman–Crippen MR) is 65.4 cm³/mol. The number of rotatable bonds is 6. The summed E-state index contributed by atoms with van der Waals surface area (Å²) in [6, 6.07) is 0. The summed E-state index contributed by atoms with van der Waals surface area (Å²) < 4.78 is 1.73. The highest BCUT2D eigenvalue weighted by atomic mass is 16.3. The summed E-state index contributed by atoms with van der Waals surface area (Å²) in [5, 5.41) is 18.0. The number of aliphatic hydroxyl groups excluding tert-OH is 1. The summed E-state index contributed by atoms with van der Waals surface area (Å²) in [4.78, 5) is 0. The molecular formula is C12H22N4O. The molecule has 1 aromatic heterocycles. The number of nitrogens with zero attached hydrogens (tertiary/aromatic N) is 3. The van der Waals surface area contributed by atoms with Gasteiger partial charge in [-0.3, -0.25) is 0 Å². The molecule has 0 radical (unpaired) electrons. The zero-order valence-electron chi connectivity index (χ0n) is 10.3. The maximum atomic E-state index is 9.99. The first kappa shape index (κ1) is 12.5. The van der Waals surface area contributed by atoms with Crippen molar-refractivity contribution in [2.24, 2.45) is 11.7 Å². The van der Waals surface area contributed by atoms with Crippen molar-refractivity contribution in [1.82, 2.24) is 15.0 Å². The molecule has 0 spiro atoms. The quantitative estimate of drug-likeness (QED) is 0.765. The molecule has 3 N–H and O–H groups in total. The van der Waals surface area contributed by atoms with Crippen molar-refractivity contribution in [1.29, 1.82) is 0 Å². The number of aliphatic hydroxyl groups is 1. The Bertz CT molecular complexity index is 333. The summed E-state index contributed by atoms with van der Waals surface area (Å²) in [7, 11) is 0. The van der Waals surface area contributed by atoms with Crippen LogP contribution in [0.2, 0.25) is 0 Å². The SMILES string of the molecule is NCCc1cn(CC(O)CC2CCCC2)nn1. The molecule has 0 bridgehead atoms. The van der Waals surface area contributed by atoms with Gasteiger partial charge in [0.2, 0.25) is 0 Å². The highest BCUT2D eigenvalue weighted by Crippen LogP contribution is 2.28. The first-order valence-electron chi connectivity index (χ1n) is 6.55. The van der Waals surface area contributed by atoms with Crippen molar-refractivity contribution in [2.45, 2.75) is 51.2 Å². The van der Waals surface area contributed by atoms with Crippen molar-refractivity contribution in [2.75, 3.05) is 6.54 Å². The average molecular weight is 238 g/mol. The van der Waals surface area contributed by atoms with E-state index in [1.54, 1.807) is 4.68 Å². The van der Waals surface area contributed by atoms with Crippen LogP contribution in [0.5, 0.6) is 0 Å². The van der Waals surface area contributed by atoms with Crippen LogP contribution < -0.4 is 5.73 Å². The fourth-order valence-electron chi connectivity index (χ4n) is 2.61. The van der Waals surface area contributed by atoms with E-state index >= 15 is 0 Å². The van der Waals surface area contributed by atoms with Crippen LogP contribution >= 0.6 is 0 Å². The minimum Gasteiger partial charge on any atom is -0.391 e. The number of aromatic nitrogens is 3. The second-order valence-corrected chi connectivity index (χ2v) is 5.01. The fourth-order valence-corrected chi connectivity index (χ4v) is 2.61. The molecule has 1 atom stereocenters. The monoisotopic (exact) mass is 238 g/mol. The summed E-state index contributed by atoms with van der Waals surface area (Å²) >= 11 is 0. The van der Waals surface area contributed by atoms with Gasteiger partial charge >= 0.3 is 0 Å². The van der Waals surface area contributed by atoms with Crippen LogP contribution in [0, 0.1) is 5.92 Å². The molecule has 0 aliphatic heterocycles. The third kappa shape index (κ3) is 3.78. The van der Waals surface area contributed by atoms with E-state index in [1.807, 2.05) is 6.20 Å². The zero-order chi connectivity index (χ0) is 12.1. The lowest BCUT2D eigenvalue weighted by Crippen LogP contribution is -2.19. The highest BCUT2D eigenvalue weighted by molar-refractivity contribution is 4.92. The second kappa shape index (κ2) is 6.12. The van der Waals surface area contributed by atoms with Gasteiger partial charge in [-0.05, 0) is 18.9 Å². The number of hydrogen-bond acceptors (Lipinski definition) is 4. The van der Waals surface area contributed by atoms with Gasteiger partial charge in [0.15, 0.2) is 0 Å². The first-order valence-corrected chi connectivity index (χ1v) is 6.55. The van der Waals surface area contributed by atoms with E-state index in [1.165, 1.54) is 25.7 Å². The molecule has 1 aliphatic carbocycles. The van der Waals surface area contributed by atoms with Crippen molar-refractivity contribution in [3.8, 4) is 0 Å². The third-order valence-electron chi connectivity index (χ3n) is 3.46. The van der Waals surface area contributed by atoms with Crippen molar-refractivity contribution in [3.63, 3.8) is 0 Å². The van der Waals surface area contributed by atoms with Gasteiger partial charge in [0.25, 0.3) is 0 Å². The van der Waals surface area contributed by atoms with Gasteiger partial charge in [-0.15, -0.1) is 5.10 Å². The van der Waals surface area contributed by atoms with E-state index in [9.17, 15) is 5.11 Å². The van der Waals surface area contributed by atoms with E-state index < -0.39 is 0 Å². The lowest BCUT2D eigenvalue weighted by atomic mass is 10.0.